The molecule has 0 aliphatic carbocycles. The highest BCUT2D eigenvalue weighted by atomic mass is 32.2. The van der Waals surface area contributed by atoms with Crippen molar-refractivity contribution in [1.29, 1.82) is 0 Å². The number of rotatable bonds is 6. The second kappa shape index (κ2) is 6.62. The molecule has 0 unspecified atom stereocenters. The number of aryl methyl sites for hydroxylation is 1. The summed E-state index contributed by atoms with van der Waals surface area (Å²) in [5.41, 5.74) is 0.492. The number of carboxylic acid groups (broad SMARTS) is 1. The number of fused-ring (bicyclic) bond motifs is 2. The van der Waals surface area contributed by atoms with Gasteiger partial charge in [0, 0.05) is 11.3 Å². The van der Waals surface area contributed by atoms with Gasteiger partial charge in [-0.3, -0.25) is 4.79 Å². The van der Waals surface area contributed by atoms with Gasteiger partial charge in [0.1, 0.15) is 6.20 Å². The first-order chi connectivity index (χ1) is 12.8. The number of carbonyl (C=O) groups is 2. The highest BCUT2D eigenvalue weighted by molar-refractivity contribution is 7.99. The van der Waals surface area contributed by atoms with Gasteiger partial charge in [0.15, 0.2) is 0 Å². The lowest BCUT2D eigenvalue weighted by molar-refractivity contribution is -0.705. The minimum Gasteiger partial charge on any atom is -0.543 e. The number of carbonyl (C=O) groups excluding carboxylic acids is 2. The molecule has 2 N–H and O–H groups in total. The molecule has 0 radical (unpaired) electrons. The SMILES string of the molecule is C[C@@H](O)[C@H]1C(=O)N2C(C(=O)[O-])=C(c3cn4c[n+](C)c(SCCO)c4s3)C[C@H]12. The predicted molar refractivity (Wildman–Crippen MR) is 96.6 cm³/mol. The lowest BCUT2D eigenvalue weighted by atomic mass is 9.83. The van der Waals surface area contributed by atoms with Gasteiger partial charge in [0.05, 0.1) is 48.3 Å². The molecule has 3 atom stereocenters. The summed E-state index contributed by atoms with van der Waals surface area (Å²) >= 11 is 2.97. The number of β-lactam (4-membered cyclic amide) rings is 1. The Hall–Kier alpha value is -1.88. The van der Waals surface area contributed by atoms with E-state index in [0.29, 0.717) is 17.7 Å². The zero-order valence-corrected chi connectivity index (χ0v) is 16.4. The van der Waals surface area contributed by atoms with Crippen molar-refractivity contribution in [1.82, 2.24) is 9.30 Å². The zero-order chi connectivity index (χ0) is 19.5. The van der Waals surface area contributed by atoms with Crippen molar-refractivity contribution in [2.24, 2.45) is 13.0 Å². The van der Waals surface area contributed by atoms with Crippen molar-refractivity contribution in [3.05, 3.63) is 23.1 Å². The molecule has 0 saturated carbocycles. The summed E-state index contributed by atoms with van der Waals surface area (Å²) in [5.74, 6) is -1.74. The first kappa shape index (κ1) is 18.5. The number of hydrogen-bond donors (Lipinski definition) is 2. The second-order valence-electron chi connectivity index (χ2n) is 6.77. The van der Waals surface area contributed by atoms with Crippen LogP contribution in [0.2, 0.25) is 0 Å². The van der Waals surface area contributed by atoms with Gasteiger partial charge in [-0.05, 0) is 13.3 Å². The van der Waals surface area contributed by atoms with Crippen molar-refractivity contribution in [3.8, 4) is 0 Å². The smallest absolute Gasteiger partial charge is 0.250 e. The van der Waals surface area contributed by atoms with Crippen molar-refractivity contribution in [3.63, 3.8) is 0 Å². The van der Waals surface area contributed by atoms with E-state index in [0.717, 1.165) is 14.7 Å². The number of imidazole rings is 1. The van der Waals surface area contributed by atoms with Gasteiger partial charge in [-0.15, -0.1) is 0 Å². The van der Waals surface area contributed by atoms with Gasteiger partial charge in [-0.1, -0.05) is 23.1 Å². The molecule has 0 bridgehead atoms. The summed E-state index contributed by atoms with van der Waals surface area (Å²) in [6.07, 6.45) is 3.32. The van der Waals surface area contributed by atoms with Gasteiger partial charge in [-0.25, -0.2) is 4.57 Å². The maximum absolute atomic E-state index is 12.3. The molecule has 2 aromatic rings. The molecule has 1 amide bonds. The van der Waals surface area contributed by atoms with Gasteiger partial charge >= 0.3 is 0 Å². The first-order valence-electron chi connectivity index (χ1n) is 8.55. The quantitative estimate of drug-likeness (QED) is 0.359. The van der Waals surface area contributed by atoms with E-state index in [1.807, 2.05) is 28.5 Å². The van der Waals surface area contributed by atoms with Crippen LogP contribution in [-0.2, 0) is 16.6 Å². The van der Waals surface area contributed by atoms with Crippen molar-refractivity contribution >= 4 is 45.4 Å². The second-order valence-corrected chi connectivity index (χ2v) is 8.89. The van der Waals surface area contributed by atoms with Crippen LogP contribution in [0.5, 0.6) is 0 Å². The van der Waals surface area contributed by atoms with Gasteiger partial charge in [0.2, 0.25) is 22.1 Å². The van der Waals surface area contributed by atoms with Crippen molar-refractivity contribution in [2.75, 3.05) is 12.4 Å². The van der Waals surface area contributed by atoms with Crippen LogP contribution in [0.1, 0.15) is 18.2 Å². The van der Waals surface area contributed by atoms with Crippen molar-refractivity contribution < 1.29 is 29.5 Å². The van der Waals surface area contributed by atoms with Gasteiger partial charge < -0.3 is 25.0 Å². The van der Waals surface area contributed by atoms with Crippen LogP contribution in [0, 0.1) is 5.92 Å². The highest BCUT2D eigenvalue weighted by Gasteiger charge is 2.55. The van der Waals surface area contributed by atoms with E-state index < -0.39 is 18.0 Å². The van der Waals surface area contributed by atoms with Crippen LogP contribution >= 0.6 is 23.1 Å². The Balaban J connectivity index is 1.75. The predicted octanol–water partition coefficient (Wildman–Crippen LogP) is -1.02. The molecule has 0 spiro atoms. The summed E-state index contributed by atoms with van der Waals surface area (Å²) in [4.78, 5) is 27.0. The Morgan fingerprint density at radius 1 is 1.56 bits per heavy atom. The number of carboxylic acids is 1. The third-order valence-electron chi connectivity index (χ3n) is 5.05. The average Bonchev–Trinajstić information content (AvgIpc) is 3.21. The zero-order valence-electron chi connectivity index (χ0n) is 14.8. The molecular formula is C17H19N3O5S2. The average molecular weight is 409 g/mol. The third-order valence-corrected chi connectivity index (χ3v) is 7.49. The maximum Gasteiger partial charge on any atom is 0.250 e. The summed E-state index contributed by atoms with van der Waals surface area (Å²) in [7, 11) is 1.92. The number of hydrogen-bond acceptors (Lipinski definition) is 7. The molecular weight excluding hydrogens is 390 g/mol. The number of thiazole rings is 1. The van der Waals surface area contributed by atoms with E-state index in [2.05, 4.69) is 0 Å². The number of aliphatic carboxylic acids is 1. The lowest BCUT2D eigenvalue weighted by Crippen LogP contribution is -2.62. The molecule has 8 nitrogen and oxygen atoms in total. The summed E-state index contributed by atoms with van der Waals surface area (Å²) in [6.45, 7) is 1.62. The molecule has 2 aromatic heterocycles. The standard InChI is InChI=1S/C17H19N3O5S2/c1-8(22)12-10-5-9(13(17(24)25)20(10)14(12)23)11-6-19-7-18(2)15(16(19)27-11)26-4-3-21/h6-8,10,12,21-22H,3-5H2,1-2H3/t8-,10-,12-/m1/s1. The van der Waals surface area contributed by atoms with Crippen LogP contribution < -0.4 is 9.67 Å². The minimum atomic E-state index is -1.37. The Bertz CT molecular complexity index is 977. The number of amides is 1. The number of aliphatic hydroxyl groups excluding tert-OH is 2. The molecule has 2 aliphatic heterocycles. The monoisotopic (exact) mass is 409 g/mol. The third kappa shape index (κ3) is 2.70. The Labute approximate surface area is 163 Å². The molecule has 27 heavy (non-hydrogen) atoms. The molecule has 1 fully saturated rings. The fourth-order valence-corrected chi connectivity index (χ4v) is 6.10. The summed E-state index contributed by atoms with van der Waals surface area (Å²) in [6, 6.07) is -0.332. The van der Waals surface area contributed by atoms with Crippen LogP contribution in [0.4, 0.5) is 0 Å². The lowest BCUT2D eigenvalue weighted by Gasteiger charge is -2.45. The fourth-order valence-electron chi connectivity index (χ4n) is 3.92. The minimum absolute atomic E-state index is 0.0692. The van der Waals surface area contributed by atoms with Crippen molar-refractivity contribution in [2.45, 2.75) is 30.5 Å². The highest BCUT2D eigenvalue weighted by Crippen LogP contribution is 2.48. The van der Waals surface area contributed by atoms with Crippen LogP contribution in [-0.4, -0.2) is 55.9 Å². The molecule has 4 rings (SSSR count). The van der Waals surface area contributed by atoms with E-state index in [1.54, 1.807) is 6.92 Å². The molecule has 144 valence electrons. The van der Waals surface area contributed by atoms with Gasteiger partial charge in [-0.2, -0.15) is 4.40 Å². The fraction of sp³-hybridized carbons (Fsp3) is 0.471. The molecule has 10 heteroatoms. The van der Waals surface area contributed by atoms with Crippen LogP contribution in [0.25, 0.3) is 10.4 Å². The van der Waals surface area contributed by atoms with E-state index in [-0.39, 0.29) is 24.3 Å². The molecule has 4 heterocycles. The molecule has 0 aromatic carbocycles. The largest absolute Gasteiger partial charge is 0.543 e. The van der Waals surface area contributed by atoms with E-state index in [1.165, 1.54) is 28.0 Å². The number of nitrogens with zero attached hydrogens (tertiary/aromatic N) is 3. The Morgan fingerprint density at radius 3 is 2.93 bits per heavy atom. The Morgan fingerprint density at radius 2 is 2.30 bits per heavy atom. The van der Waals surface area contributed by atoms with E-state index >= 15 is 0 Å². The van der Waals surface area contributed by atoms with E-state index in [4.69, 9.17) is 5.11 Å². The van der Waals surface area contributed by atoms with Crippen LogP contribution in [0.15, 0.2) is 23.2 Å². The number of aromatic nitrogens is 2. The molecule has 1 saturated heterocycles. The number of thioether (sulfide) groups is 1. The number of aliphatic hydroxyl groups is 2. The first-order valence-corrected chi connectivity index (χ1v) is 10.3. The van der Waals surface area contributed by atoms with E-state index in [9.17, 15) is 19.8 Å². The Kier molecular flexibility index (Phi) is 4.53. The maximum atomic E-state index is 12.3. The molecule has 2 aliphatic rings. The van der Waals surface area contributed by atoms with Crippen LogP contribution in [0.3, 0.4) is 0 Å². The van der Waals surface area contributed by atoms with Gasteiger partial charge in [0.25, 0.3) is 0 Å². The topological polar surface area (TPSA) is 109 Å². The summed E-state index contributed by atoms with van der Waals surface area (Å²) < 4.78 is 3.88. The summed E-state index contributed by atoms with van der Waals surface area (Å²) in [5, 5.41) is 31.7. The normalized spacial score (nSPS) is 23.1.